The van der Waals surface area contributed by atoms with Crippen molar-refractivity contribution >= 4 is 23.2 Å². The zero-order chi connectivity index (χ0) is 10.7. The fraction of sp³-hybridized carbons (Fsp3) is 0. The fourth-order valence-corrected chi connectivity index (χ4v) is 1.01. The van der Waals surface area contributed by atoms with Gasteiger partial charge < -0.3 is 5.32 Å². The molecule has 2 N–H and O–H groups in total. The number of carbonyl (C=O) groups excluding carboxylic acids is 1. The van der Waals surface area contributed by atoms with E-state index < -0.39 is 5.91 Å². The number of pyridine rings is 1. The van der Waals surface area contributed by atoms with Crippen molar-refractivity contribution in [3.63, 3.8) is 0 Å². The number of carbonyl (C=O) groups is 1. The van der Waals surface area contributed by atoms with Gasteiger partial charge in [-0.2, -0.15) is 5.21 Å². The van der Waals surface area contributed by atoms with Crippen LogP contribution in [0.1, 0.15) is 10.6 Å². The maximum absolute atomic E-state index is 11.4. The number of hydrogen-bond donors (Lipinski definition) is 2. The average Bonchev–Trinajstić information content (AvgIpc) is 2.74. The van der Waals surface area contributed by atoms with Gasteiger partial charge in [-0.15, -0.1) is 10.2 Å². The molecule has 0 bridgehead atoms. The normalized spacial score (nSPS) is 9.93. The first-order valence-corrected chi connectivity index (χ1v) is 4.30. The van der Waals surface area contributed by atoms with E-state index in [-0.39, 0.29) is 5.82 Å². The Morgan fingerprint density at radius 3 is 2.93 bits per heavy atom. The predicted octanol–water partition coefficient (Wildman–Crippen LogP) is 0.500. The lowest BCUT2D eigenvalue weighted by molar-refractivity contribution is 0.101. The number of nitrogens with zero attached hydrogens (tertiary/aromatic N) is 4. The highest BCUT2D eigenvalue weighted by Crippen LogP contribution is 2.09. The summed E-state index contributed by atoms with van der Waals surface area (Å²) in [6, 6.07) is 3.18. The second kappa shape index (κ2) is 4.01. The zero-order valence-corrected chi connectivity index (χ0v) is 8.06. The lowest BCUT2D eigenvalue weighted by Crippen LogP contribution is -2.13. The van der Waals surface area contributed by atoms with Crippen molar-refractivity contribution in [2.24, 2.45) is 0 Å². The van der Waals surface area contributed by atoms with Crippen molar-refractivity contribution in [3.8, 4) is 0 Å². The minimum absolute atomic E-state index is 0.0371. The molecule has 0 aliphatic heterocycles. The molecule has 0 radical (unpaired) electrons. The van der Waals surface area contributed by atoms with Crippen LogP contribution in [0.15, 0.2) is 18.3 Å². The van der Waals surface area contributed by atoms with Gasteiger partial charge in [0.2, 0.25) is 0 Å². The topological polar surface area (TPSA) is 96.5 Å². The third-order valence-electron chi connectivity index (χ3n) is 1.53. The molecule has 0 unspecified atom stereocenters. The lowest BCUT2D eigenvalue weighted by Gasteiger charge is -2.00. The first-order valence-electron chi connectivity index (χ1n) is 3.92. The molecular weight excluding hydrogens is 220 g/mol. The monoisotopic (exact) mass is 224 g/mol. The van der Waals surface area contributed by atoms with Gasteiger partial charge in [0.05, 0.1) is 11.9 Å². The van der Waals surface area contributed by atoms with Crippen LogP contribution in [0.3, 0.4) is 0 Å². The van der Waals surface area contributed by atoms with E-state index in [1.807, 2.05) is 0 Å². The predicted molar refractivity (Wildman–Crippen MR) is 51.4 cm³/mol. The van der Waals surface area contributed by atoms with Crippen LogP contribution < -0.4 is 5.32 Å². The molecule has 2 aromatic heterocycles. The van der Waals surface area contributed by atoms with Gasteiger partial charge >= 0.3 is 0 Å². The smallest absolute Gasteiger partial charge is 0.297 e. The van der Waals surface area contributed by atoms with Crippen molar-refractivity contribution in [1.29, 1.82) is 0 Å². The van der Waals surface area contributed by atoms with E-state index in [1.165, 1.54) is 6.20 Å². The third kappa shape index (κ3) is 2.26. The number of H-pyrrole nitrogens is 1. The van der Waals surface area contributed by atoms with Gasteiger partial charge in [0, 0.05) is 0 Å². The van der Waals surface area contributed by atoms with Crippen LogP contribution in [0.2, 0.25) is 5.15 Å². The number of aromatic nitrogens is 5. The largest absolute Gasteiger partial charge is 0.318 e. The minimum atomic E-state index is -0.465. The molecular formula is C7H5ClN6O. The Balaban J connectivity index is 2.09. The van der Waals surface area contributed by atoms with Gasteiger partial charge in [-0.3, -0.25) is 4.79 Å². The summed E-state index contributed by atoms with van der Waals surface area (Å²) in [5, 5.41) is 15.4. The molecule has 15 heavy (non-hydrogen) atoms. The molecule has 0 saturated heterocycles. The van der Waals surface area contributed by atoms with Crippen LogP contribution in [0.25, 0.3) is 0 Å². The van der Waals surface area contributed by atoms with Crippen LogP contribution in [0.5, 0.6) is 0 Å². The number of hydrogen-bond acceptors (Lipinski definition) is 5. The van der Waals surface area contributed by atoms with E-state index in [2.05, 4.69) is 30.9 Å². The zero-order valence-electron chi connectivity index (χ0n) is 7.31. The van der Waals surface area contributed by atoms with E-state index in [1.54, 1.807) is 12.1 Å². The molecule has 76 valence electrons. The summed E-state index contributed by atoms with van der Waals surface area (Å²) >= 11 is 5.58. The molecule has 8 heteroatoms. The van der Waals surface area contributed by atoms with E-state index in [9.17, 15) is 4.79 Å². The maximum atomic E-state index is 11.4. The Bertz CT molecular complexity index is 453. The first kappa shape index (κ1) is 9.53. The molecule has 0 spiro atoms. The molecule has 2 aromatic rings. The number of amides is 1. The van der Waals surface area contributed by atoms with Crippen molar-refractivity contribution in [3.05, 3.63) is 29.3 Å². The Kier molecular flexibility index (Phi) is 2.55. The van der Waals surface area contributed by atoms with E-state index in [0.29, 0.717) is 10.8 Å². The number of anilines is 1. The summed E-state index contributed by atoms with van der Waals surface area (Å²) in [6.45, 7) is 0. The van der Waals surface area contributed by atoms with Gasteiger partial charge in [0.1, 0.15) is 5.15 Å². The van der Waals surface area contributed by atoms with Crippen molar-refractivity contribution in [1.82, 2.24) is 25.6 Å². The van der Waals surface area contributed by atoms with Gasteiger partial charge in [0.25, 0.3) is 11.7 Å². The Morgan fingerprint density at radius 2 is 2.33 bits per heavy atom. The quantitative estimate of drug-likeness (QED) is 0.724. The SMILES string of the molecule is O=C(Nc1ccc(Cl)nc1)c1nn[nH]n1. The molecule has 7 nitrogen and oxygen atoms in total. The number of tetrazole rings is 1. The second-order valence-electron chi connectivity index (χ2n) is 2.56. The molecule has 0 aliphatic carbocycles. The summed E-state index contributed by atoms with van der Waals surface area (Å²) in [5.74, 6) is -0.502. The number of halogens is 1. The van der Waals surface area contributed by atoms with Crippen LogP contribution >= 0.6 is 11.6 Å². The van der Waals surface area contributed by atoms with Crippen molar-refractivity contribution in [2.45, 2.75) is 0 Å². The summed E-state index contributed by atoms with van der Waals surface area (Å²) in [4.78, 5) is 15.2. The van der Waals surface area contributed by atoms with Crippen LogP contribution in [-0.2, 0) is 0 Å². The molecule has 1 amide bonds. The lowest BCUT2D eigenvalue weighted by atomic mass is 10.4. The Morgan fingerprint density at radius 1 is 1.47 bits per heavy atom. The highest BCUT2D eigenvalue weighted by Gasteiger charge is 2.10. The highest BCUT2D eigenvalue weighted by atomic mass is 35.5. The molecule has 0 aliphatic rings. The van der Waals surface area contributed by atoms with Crippen molar-refractivity contribution in [2.75, 3.05) is 5.32 Å². The summed E-state index contributed by atoms with van der Waals surface area (Å²) in [5.41, 5.74) is 0.509. The van der Waals surface area contributed by atoms with Crippen LogP contribution in [0, 0.1) is 0 Å². The Labute approximate surface area is 88.9 Å². The summed E-state index contributed by atoms with van der Waals surface area (Å²) < 4.78 is 0. The third-order valence-corrected chi connectivity index (χ3v) is 1.76. The molecule has 2 heterocycles. The first-order chi connectivity index (χ1) is 7.25. The standard InChI is InChI=1S/C7H5ClN6O/c8-5-2-1-4(3-9-5)10-7(15)6-11-13-14-12-6/h1-3H,(H,10,15)(H,11,12,13,14). The number of aromatic amines is 1. The molecule has 0 saturated carbocycles. The van der Waals surface area contributed by atoms with Crippen LogP contribution in [-0.4, -0.2) is 31.5 Å². The molecule has 2 rings (SSSR count). The van der Waals surface area contributed by atoms with Gasteiger partial charge in [-0.1, -0.05) is 11.6 Å². The molecule has 0 aromatic carbocycles. The Hall–Kier alpha value is -2.02. The van der Waals surface area contributed by atoms with Crippen LogP contribution in [0.4, 0.5) is 5.69 Å². The minimum Gasteiger partial charge on any atom is -0.318 e. The highest BCUT2D eigenvalue weighted by molar-refractivity contribution is 6.29. The van der Waals surface area contributed by atoms with Gasteiger partial charge in [-0.05, 0) is 17.3 Å². The summed E-state index contributed by atoms with van der Waals surface area (Å²) in [7, 11) is 0. The van der Waals surface area contributed by atoms with E-state index in [4.69, 9.17) is 11.6 Å². The maximum Gasteiger partial charge on any atom is 0.297 e. The summed E-state index contributed by atoms with van der Waals surface area (Å²) in [6.07, 6.45) is 1.43. The van der Waals surface area contributed by atoms with Gasteiger partial charge in [-0.25, -0.2) is 4.98 Å². The molecule has 0 atom stereocenters. The average molecular weight is 225 g/mol. The number of nitrogens with one attached hydrogen (secondary N) is 2. The van der Waals surface area contributed by atoms with E-state index >= 15 is 0 Å². The second-order valence-corrected chi connectivity index (χ2v) is 2.95. The van der Waals surface area contributed by atoms with E-state index in [0.717, 1.165) is 0 Å². The fourth-order valence-electron chi connectivity index (χ4n) is 0.895. The number of rotatable bonds is 2. The molecule has 0 fully saturated rings. The van der Waals surface area contributed by atoms with Crippen molar-refractivity contribution < 1.29 is 4.79 Å². The van der Waals surface area contributed by atoms with Gasteiger partial charge in [0.15, 0.2) is 0 Å².